The predicted molar refractivity (Wildman–Crippen MR) is 77.7 cm³/mol. The van der Waals surface area contributed by atoms with Crippen molar-refractivity contribution in [2.45, 2.75) is 16.7 Å². The summed E-state index contributed by atoms with van der Waals surface area (Å²) >= 11 is 1.60. The summed E-state index contributed by atoms with van der Waals surface area (Å²) in [6, 6.07) is 17.7. The van der Waals surface area contributed by atoms with E-state index in [4.69, 9.17) is 4.74 Å². The van der Waals surface area contributed by atoms with Crippen LogP contribution in [0, 0.1) is 0 Å². The molecule has 0 atom stereocenters. The van der Waals surface area contributed by atoms with Crippen molar-refractivity contribution in [2.24, 2.45) is 0 Å². The quantitative estimate of drug-likeness (QED) is 0.897. The van der Waals surface area contributed by atoms with Gasteiger partial charge >= 0.3 is 6.09 Å². The summed E-state index contributed by atoms with van der Waals surface area (Å²) in [6.45, 7) is 2.14. The topological polar surface area (TPSA) is 38.3 Å². The van der Waals surface area contributed by atoms with E-state index in [9.17, 15) is 4.79 Å². The van der Waals surface area contributed by atoms with Gasteiger partial charge in [-0.2, -0.15) is 0 Å². The summed E-state index contributed by atoms with van der Waals surface area (Å²) in [4.78, 5) is 13.6. The number of amides is 1. The fourth-order valence-electron chi connectivity index (χ4n) is 1.55. The Morgan fingerprint density at radius 1 is 1.11 bits per heavy atom. The zero-order valence-corrected chi connectivity index (χ0v) is 11.4. The lowest BCUT2D eigenvalue weighted by Gasteiger charge is -2.10. The van der Waals surface area contributed by atoms with E-state index < -0.39 is 6.09 Å². The molecule has 0 unspecified atom stereocenters. The van der Waals surface area contributed by atoms with Crippen LogP contribution in [-0.4, -0.2) is 12.7 Å². The van der Waals surface area contributed by atoms with Crippen LogP contribution in [0.3, 0.4) is 0 Å². The van der Waals surface area contributed by atoms with Crippen molar-refractivity contribution in [1.82, 2.24) is 0 Å². The van der Waals surface area contributed by atoms with Crippen LogP contribution in [0.4, 0.5) is 10.5 Å². The first-order valence-corrected chi connectivity index (χ1v) is 6.87. The van der Waals surface area contributed by atoms with Gasteiger partial charge < -0.3 is 4.74 Å². The zero-order chi connectivity index (χ0) is 13.5. The first-order chi connectivity index (χ1) is 9.29. The third-order valence-corrected chi connectivity index (χ3v) is 3.45. The second-order valence-electron chi connectivity index (χ2n) is 3.76. The maximum atomic E-state index is 11.5. The smallest absolute Gasteiger partial charge is 0.411 e. The van der Waals surface area contributed by atoms with Gasteiger partial charge in [0.25, 0.3) is 0 Å². The van der Waals surface area contributed by atoms with E-state index in [0.29, 0.717) is 6.61 Å². The molecule has 0 bridgehead atoms. The van der Waals surface area contributed by atoms with Crippen molar-refractivity contribution in [3.05, 3.63) is 54.6 Å². The molecule has 2 aromatic carbocycles. The second-order valence-corrected chi connectivity index (χ2v) is 4.87. The lowest BCUT2D eigenvalue weighted by Crippen LogP contribution is -2.13. The van der Waals surface area contributed by atoms with Crippen molar-refractivity contribution in [3.8, 4) is 0 Å². The van der Waals surface area contributed by atoms with E-state index in [2.05, 4.69) is 5.32 Å². The zero-order valence-electron chi connectivity index (χ0n) is 10.6. The van der Waals surface area contributed by atoms with Crippen LogP contribution in [0.25, 0.3) is 0 Å². The number of anilines is 1. The Labute approximate surface area is 117 Å². The standard InChI is InChI=1S/C15H15NO2S/c1-2-18-15(17)16-13-10-6-7-11-14(13)19-12-8-4-3-5-9-12/h3-11H,2H2,1H3,(H,16,17). The van der Waals surface area contributed by atoms with Gasteiger partial charge in [0.15, 0.2) is 0 Å². The molecule has 2 aromatic rings. The number of para-hydroxylation sites is 1. The first kappa shape index (κ1) is 13.5. The van der Waals surface area contributed by atoms with Crippen molar-refractivity contribution < 1.29 is 9.53 Å². The Morgan fingerprint density at radius 2 is 1.79 bits per heavy atom. The van der Waals surface area contributed by atoms with Gasteiger partial charge in [-0.15, -0.1) is 0 Å². The van der Waals surface area contributed by atoms with Crippen LogP contribution >= 0.6 is 11.8 Å². The minimum atomic E-state index is -0.427. The van der Waals surface area contributed by atoms with Crippen molar-refractivity contribution in [2.75, 3.05) is 11.9 Å². The summed E-state index contributed by atoms with van der Waals surface area (Å²) in [7, 11) is 0. The molecule has 0 radical (unpaired) electrons. The normalized spacial score (nSPS) is 9.95. The van der Waals surface area contributed by atoms with E-state index in [1.807, 2.05) is 54.6 Å². The Hall–Kier alpha value is -1.94. The Bertz CT molecular complexity index is 543. The van der Waals surface area contributed by atoms with E-state index in [1.165, 1.54) is 0 Å². The third kappa shape index (κ3) is 4.03. The maximum Gasteiger partial charge on any atom is 0.411 e. The lowest BCUT2D eigenvalue weighted by molar-refractivity contribution is 0.168. The van der Waals surface area contributed by atoms with E-state index in [0.717, 1.165) is 15.5 Å². The summed E-state index contributed by atoms with van der Waals surface area (Å²) in [5.41, 5.74) is 0.759. The fourth-order valence-corrected chi connectivity index (χ4v) is 2.47. The molecule has 0 aliphatic heterocycles. The highest BCUT2D eigenvalue weighted by molar-refractivity contribution is 7.99. The summed E-state index contributed by atoms with van der Waals surface area (Å²) < 4.78 is 4.89. The molecule has 0 saturated heterocycles. The Morgan fingerprint density at radius 3 is 2.53 bits per heavy atom. The van der Waals surface area contributed by atoms with E-state index >= 15 is 0 Å². The predicted octanol–water partition coefficient (Wildman–Crippen LogP) is 4.41. The second kappa shape index (κ2) is 6.85. The third-order valence-electron chi connectivity index (χ3n) is 2.37. The van der Waals surface area contributed by atoms with Crippen LogP contribution in [0.5, 0.6) is 0 Å². The molecule has 1 N–H and O–H groups in total. The monoisotopic (exact) mass is 273 g/mol. The van der Waals surface area contributed by atoms with Crippen LogP contribution in [0.15, 0.2) is 64.4 Å². The molecule has 0 saturated carbocycles. The average molecular weight is 273 g/mol. The van der Waals surface area contributed by atoms with Crippen LogP contribution < -0.4 is 5.32 Å². The van der Waals surface area contributed by atoms with E-state index in [-0.39, 0.29) is 0 Å². The molecule has 1 amide bonds. The highest BCUT2D eigenvalue weighted by atomic mass is 32.2. The van der Waals surface area contributed by atoms with Crippen LogP contribution in [0.1, 0.15) is 6.92 Å². The van der Waals surface area contributed by atoms with Gasteiger partial charge in [0.1, 0.15) is 0 Å². The van der Waals surface area contributed by atoms with Crippen LogP contribution in [0.2, 0.25) is 0 Å². The number of carbonyl (C=O) groups excluding carboxylic acids is 1. The molecule has 98 valence electrons. The molecule has 0 heterocycles. The van der Waals surface area contributed by atoms with Crippen molar-refractivity contribution in [3.63, 3.8) is 0 Å². The molecule has 19 heavy (non-hydrogen) atoms. The lowest BCUT2D eigenvalue weighted by atomic mass is 10.3. The average Bonchev–Trinajstić information content (AvgIpc) is 2.42. The van der Waals surface area contributed by atoms with Gasteiger partial charge in [0.2, 0.25) is 0 Å². The van der Waals surface area contributed by atoms with Crippen molar-refractivity contribution >= 4 is 23.5 Å². The first-order valence-electron chi connectivity index (χ1n) is 6.05. The van der Waals surface area contributed by atoms with Gasteiger partial charge in [-0.1, -0.05) is 42.1 Å². The molecule has 4 heteroatoms. The molecular formula is C15H15NO2S. The molecule has 3 nitrogen and oxygen atoms in total. The summed E-state index contributed by atoms with van der Waals surface area (Å²) in [5.74, 6) is 0. The van der Waals surface area contributed by atoms with Crippen molar-refractivity contribution in [1.29, 1.82) is 0 Å². The van der Waals surface area contributed by atoms with Gasteiger partial charge in [0.05, 0.1) is 12.3 Å². The van der Waals surface area contributed by atoms with Gasteiger partial charge in [-0.3, -0.25) is 5.32 Å². The number of hydrogen-bond acceptors (Lipinski definition) is 3. The Kier molecular flexibility index (Phi) is 4.86. The number of hydrogen-bond donors (Lipinski definition) is 1. The van der Waals surface area contributed by atoms with E-state index in [1.54, 1.807) is 18.7 Å². The fraction of sp³-hybridized carbons (Fsp3) is 0.133. The highest BCUT2D eigenvalue weighted by Crippen LogP contribution is 2.33. The molecule has 0 spiro atoms. The number of nitrogens with one attached hydrogen (secondary N) is 1. The largest absolute Gasteiger partial charge is 0.450 e. The molecular weight excluding hydrogens is 258 g/mol. The number of benzene rings is 2. The minimum absolute atomic E-state index is 0.361. The Balaban J connectivity index is 2.14. The number of rotatable bonds is 4. The SMILES string of the molecule is CCOC(=O)Nc1ccccc1Sc1ccccc1. The highest BCUT2D eigenvalue weighted by Gasteiger charge is 2.07. The number of carbonyl (C=O) groups is 1. The summed E-state index contributed by atoms with van der Waals surface area (Å²) in [5, 5.41) is 2.75. The van der Waals surface area contributed by atoms with Crippen LogP contribution in [-0.2, 0) is 4.74 Å². The summed E-state index contributed by atoms with van der Waals surface area (Å²) in [6.07, 6.45) is -0.427. The molecule has 0 aliphatic carbocycles. The van der Waals surface area contributed by atoms with Gasteiger partial charge in [0, 0.05) is 9.79 Å². The molecule has 0 aromatic heterocycles. The van der Waals surface area contributed by atoms with Gasteiger partial charge in [-0.05, 0) is 31.2 Å². The van der Waals surface area contributed by atoms with Gasteiger partial charge in [-0.25, -0.2) is 4.79 Å². The minimum Gasteiger partial charge on any atom is -0.450 e. The molecule has 2 rings (SSSR count). The number of ether oxygens (including phenoxy) is 1. The molecule has 0 aliphatic rings. The maximum absolute atomic E-state index is 11.5. The molecule has 0 fully saturated rings.